The number of para-hydroxylation sites is 2. The second-order valence-corrected chi connectivity index (χ2v) is 14.8. The standard InChI is InChI=1S/C52H32N2/c1-54-47-14-3-2-13-46(47)53-52(54)40-26-24-37-27-36(22-23-38(37)28-40)31-15-17-32(18-16-31)41-29-39-25-21-35-8-5-11-43-42-10-4-7-33-19-20-34-9-6-12-44(50(34)48(33)42)45(30-41)51(39)49(35)43/h2-30H,1H3. The van der Waals surface area contributed by atoms with E-state index in [0.29, 0.717) is 0 Å². The van der Waals surface area contributed by atoms with Gasteiger partial charge in [-0.2, -0.15) is 0 Å². The first-order valence-electron chi connectivity index (χ1n) is 18.7. The van der Waals surface area contributed by atoms with Crippen LogP contribution in [0.5, 0.6) is 0 Å². The molecule has 0 aliphatic rings. The Morgan fingerprint density at radius 3 is 1.43 bits per heavy atom. The topological polar surface area (TPSA) is 17.8 Å². The number of aryl methyl sites for hydroxylation is 1. The van der Waals surface area contributed by atoms with E-state index >= 15 is 0 Å². The second kappa shape index (κ2) is 11.0. The molecule has 12 rings (SSSR count). The number of fused-ring (bicyclic) bond motifs is 4. The third-order valence-corrected chi connectivity index (χ3v) is 11.9. The molecule has 2 heteroatoms. The van der Waals surface area contributed by atoms with Crippen LogP contribution in [0.2, 0.25) is 0 Å². The zero-order chi connectivity index (χ0) is 35.5. The fraction of sp³-hybridized carbons (Fsp3) is 0.0192. The van der Waals surface area contributed by atoms with Gasteiger partial charge >= 0.3 is 0 Å². The molecule has 250 valence electrons. The van der Waals surface area contributed by atoms with Crippen molar-refractivity contribution in [3.63, 3.8) is 0 Å². The van der Waals surface area contributed by atoms with Gasteiger partial charge in [-0.25, -0.2) is 4.98 Å². The van der Waals surface area contributed by atoms with Gasteiger partial charge in [0.05, 0.1) is 11.0 Å². The number of aromatic nitrogens is 2. The van der Waals surface area contributed by atoms with E-state index in [1.807, 2.05) is 6.07 Å². The van der Waals surface area contributed by atoms with Crippen LogP contribution in [0.3, 0.4) is 0 Å². The Morgan fingerprint density at radius 2 is 0.796 bits per heavy atom. The maximum Gasteiger partial charge on any atom is 0.140 e. The molecule has 0 amide bonds. The molecule has 0 atom stereocenters. The number of rotatable bonds is 3. The first-order chi connectivity index (χ1) is 26.7. The zero-order valence-electron chi connectivity index (χ0n) is 29.6. The third kappa shape index (κ3) is 4.19. The molecule has 54 heavy (non-hydrogen) atoms. The summed E-state index contributed by atoms with van der Waals surface area (Å²) >= 11 is 0. The largest absolute Gasteiger partial charge is 0.327 e. The average molecular weight is 685 g/mol. The highest BCUT2D eigenvalue weighted by Gasteiger charge is 2.17. The van der Waals surface area contributed by atoms with Gasteiger partial charge in [0, 0.05) is 12.6 Å². The summed E-state index contributed by atoms with van der Waals surface area (Å²) in [6, 6.07) is 65.2. The summed E-state index contributed by atoms with van der Waals surface area (Å²) in [6.45, 7) is 0. The predicted octanol–water partition coefficient (Wildman–Crippen LogP) is 14.1. The first-order valence-corrected chi connectivity index (χ1v) is 18.7. The van der Waals surface area contributed by atoms with Crippen LogP contribution < -0.4 is 0 Å². The van der Waals surface area contributed by atoms with Crippen LogP contribution in [0, 0.1) is 0 Å². The van der Waals surface area contributed by atoms with Gasteiger partial charge in [-0.1, -0.05) is 140 Å². The van der Waals surface area contributed by atoms with Crippen molar-refractivity contribution in [2.75, 3.05) is 0 Å². The normalized spacial score (nSPS) is 12.2. The van der Waals surface area contributed by atoms with Crippen LogP contribution in [0.15, 0.2) is 176 Å². The van der Waals surface area contributed by atoms with Gasteiger partial charge in [0.1, 0.15) is 5.82 Å². The summed E-state index contributed by atoms with van der Waals surface area (Å²) in [6.07, 6.45) is 0. The van der Waals surface area contributed by atoms with Crippen LogP contribution in [0.25, 0.3) is 120 Å². The van der Waals surface area contributed by atoms with Gasteiger partial charge in [-0.05, 0) is 134 Å². The number of hydrogen-bond acceptors (Lipinski definition) is 1. The number of hydrogen-bond donors (Lipinski definition) is 0. The fourth-order valence-corrected chi connectivity index (χ4v) is 9.27. The van der Waals surface area contributed by atoms with Crippen LogP contribution in [0.4, 0.5) is 0 Å². The molecule has 0 fully saturated rings. The van der Waals surface area contributed by atoms with Gasteiger partial charge in [-0.15, -0.1) is 0 Å². The molecule has 0 spiro atoms. The molecule has 12 aromatic rings. The van der Waals surface area contributed by atoms with Crippen molar-refractivity contribution in [1.82, 2.24) is 9.55 Å². The molecule has 11 aromatic carbocycles. The Labute approximate surface area is 311 Å². The third-order valence-electron chi connectivity index (χ3n) is 11.9. The molecule has 2 nitrogen and oxygen atoms in total. The lowest BCUT2D eigenvalue weighted by atomic mass is 9.86. The maximum absolute atomic E-state index is 4.93. The van der Waals surface area contributed by atoms with Crippen molar-refractivity contribution < 1.29 is 0 Å². The van der Waals surface area contributed by atoms with Crippen molar-refractivity contribution in [3.8, 4) is 33.6 Å². The molecule has 0 radical (unpaired) electrons. The average Bonchev–Trinajstić information content (AvgIpc) is 3.57. The minimum atomic E-state index is 0.985. The summed E-state index contributed by atoms with van der Waals surface area (Å²) in [7, 11) is 2.09. The number of nitrogens with zero attached hydrogens (tertiary/aromatic N) is 2. The fourth-order valence-electron chi connectivity index (χ4n) is 9.27. The summed E-state index contributed by atoms with van der Waals surface area (Å²) in [5, 5.41) is 18.1. The quantitative estimate of drug-likeness (QED) is 0.169. The van der Waals surface area contributed by atoms with E-state index in [9.17, 15) is 0 Å². The molecule has 1 heterocycles. The van der Waals surface area contributed by atoms with Gasteiger partial charge < -0.3 is 4.57 Å². The summed E-state index contributed by atoms with van der Waals surface area (Å²) in [5.41, 5.74) is 8.15. The van der Waals surface area contributed by atoms with E-state index in [1.54, 1.807) is 0 Å². The van der Waals surface area contributed by atoms with E-state index in [0.717, 1.165) is 22.4 Å². The summed E-state index contributed by atoms with van der Waals surface area (Å²) < 4.78 is 2.18. The lowest BCUT2D eigenvalue weighted by Crippen LogP contribution is -1.92. The Hall–Kier alpha value is -7.03. The molecule has 0 saturated heterocycles. The van der Waals surface area contributed by atoms with Gasteiger partial charge in [-0.3, -0.25) is 0 Å². The molecule has 0 saturated carbocycles. The Bertz CT molecular complexity index is 3490. The minimum absolute atomic E-state index is 0.985. The van der Waals surface area contributed by atoms with Crippen LogP contribution in [-0.2, 0) is 7.05 Å². The molecule has 1 aromatic heterocycles. The highest BCUT2D eigenvalue weighted by molar-refractivity contribution is 6.37. The maximum atomic E-state index is 4.93. The molecule has 0 unspecified atom stereocenters. The highest BCUT2D eigenvalue weighted by atomic mass is 15.1. The monoisotopic (exact) mass is 684 g/mol. The van der Waals surface area contributed by atoms with E-state index in [2.05, 4.69) is 181 Å². The highest BCUT2D eigenvalue weighted by Crippen LogP contribution is 2.44. The van der Waals surface area contributed by atoms with Gasteiger partial charge in [0.2, 0.25) is 0 Å². The van der Waals surface area contributed by atoms with Gasteiger partial charge in [0.15, 0.2) is 0 Å². The molecule has 0 aliphatic heterocycles. The van der Waals surface area contributed by atoms with Crippen molar-refractivity contribution >= 4 is 86.4 Å². The van der Waals surface area contributed by atoms with Crippen molar-refractivity contribution in [2.45, 2.75) is 0 Å². The van der Waals surface area contributed by atoms with Gasteiger partial charge in [0.25, 0.3) is 0 Å². The minimum Gasteiger partial charge on any atom is -0.327 e. The Kier molecular flexibility index (Phi) is 6.01. The van der Waals surface area contributed by atoms with Crippen molar-refractivity contribution in [3.05, 3.63) is 176 Å². The van der Waals surface area contributed by atoms with E-state index in [1.165, 1.54) is 97.7 Å². The van der Waals surface area contributed by atoms with E-state index in [-0.39, 0.29) is 0 Å². The Morgan fingerprint density at radius 1 is 0.333 bits per heavy atom. The van der Waals surface area contributed by atoms with Crippen molar-refractivity contribution in [1.29, 1.82) is 0 Å². The molecule has 0 bridgehead atoms. The lowest BCUT2D eigenvalue weighted by Gasteiger charge is -2.17. The number of benzene rings is 10. The van der Waals surface area contributed by atoms with Crippen LogP contribution in [0.1, 0.15) is 0 Å². The SMILES string of the molecule is Cn1c(-c2ccc3cc(-c4ccc(-c5cc6ccc7cccc8c9cccc%10ccc%11cccc(c(c5)c6c78)c%11c%109)cc4)ccc3c2)nc2ccccc21. The summed E-state index contributed by atoms with van der Waals surface area (Å²) in [5.74, 6) is 0.985. The Balaban J connectivity index is 1.00. The van der Waals surface area contributed by atoms with Crippen molar-refractivity contribution in [2.24, 2.45) is 7.05 Å². The molecular formula is C52H32N2. The van der Waals surface area contributed by atoms with Crippen LogP contribution >= 0.6 is 0 Å². The molecular weight excluding hydrogens is 653 g/mol. The zero-order valence-corrected chi connectivity index (χ0v) is 29.6. The molecule has 0 aliphatic carbocycles. The van der Waals surface area contributed by atoms with E-state index in [4.69, 9.17) is 4.98 Å². The summed E-state index contributed by atoms with van der Waals surface area (Å²) in [4.78, 5) is 4.93. The van der Waals surface area contributed by atoms with E-state index < -0.39 is 0 Å². The molecule has 0 N–H and O–H groups in total. The first kappa shape index (κ1) is 29.5. The smallest absolute Gasteiger partial charge is 0.140 e. The predicted molar refractivity (Wildman–Crippen MR) is 231 cm³/mol. The number of imidazole rings is 1. The van der Waals surface area contributed by atoms with Crippen LogP contribution in [-0.4, -0.2) is 9.55 Å². The second-order valence-electron chi connectivity index (χ2n) is 14.8. The lowest BCUT2D eigenvalue weighted by molar-refractivity contribution is 0.960.